The lowest BCUT2D eigenvalue weighted by molar-refractivity contribution is -0.159. The smallest absolute Gasteiger partial charge is 0.399 e. The van der Waals surface area contributed by atoms with Crippen LogP contribution in [0.4, 0.5) is 24.8 Å². The molecule has 4 aromatic rings. The summed E-state index contributed by atoms with van der Waals surface area (Å²) in [6, 6.07) is 3.39. The highest BCUT2D eigenvalue weighted by molar-refractivity contribution is 8.03. The Labute approximate surface area is 290 Å². The monoisotopic (exact) mass is 712 g/mol. The van der Waals surface area contributed by atoms with E-state index in [0.29, 0.717) is 28.8 Å². The van der Waals surface area contributed by atoms with Crippen molar-refractivity contribution in [2.75, 3.05) is 24.9 Å². The van der Waals surface area contributed by atoms with Crippen molar-refractivity contribution in [3.63, 3.8) is 0 Å². The molecule has 11 nitrogen and oxygen atoms in total. The van der Waals surface area contributed by atoms with Crippen molar-refractivity contribution in [3.8, 4) is 10.7 Å². The zero-order valence-corrected chi connectivity index (χ0v) is 31.0. The number of hydrogen-bond donors (Lipinski definition) is 0. The van der Waals surface area contributed by atoms with E-state index in [1.807, 2.05) is 48.5 Å². The first-order valence-corrected chi connectivity index (χ1v) is 17.2. The second-order valence-electron chi connectivity index (χ2n) is 8.29. The van der Waals surface area contributed by atoms with Crippen LogP contribution in [-0.4, -0.2) is 55.8 Å². The van der Waals surface area contributed by atoms with E-state index in [1.54, 1.807) is 74.0 Å². The molecule has 0 fully saturated rings. The van der Waals surface area contributed by atoms with Crippen LogP contribution in [0.5, 0.6) is 0 Å². The largest absolute Gasteiger partial charge is 0.471 e. The van der Waals surface area contributed by atoms with E-state index in [9.17, 15) is 13.2 Å². The number of methoxy groups -OCH3 is 1. The molecule has 0 saturated carbocycles. The summed E-state index contributed by atoms with van der Waals surface area (Å²) < 4.78 is 47.7. The third-order valence-electron chi connectivity index (χ3n) is 5.11. The first kappa shape index (κ1) is 44.1. The molecule has 0 aliphatic rings. The van der Waals surface area contributed by atoms with Crippen LogP contribution in [0, 0.1) is 0 Å². The minimum absolute atomic E-state index is 0.130. The highest BCUT2D eigenvalue weighted by Gasteiger charge is 2.38. The van der Waals surface area contributed by atoms with Crippen molar-refractivity contribution >= 4 is 40.4 Å². The van der Waals surface area contributed by atoms with E-state index in [4.69, 9.17) is 4.74 Å². The highest BCUT2D eigenvalue weighted by atomic mass is 32.2. The fraction of sp³-hybridized carbons (Fsp3) is 0.469. The molecule has 0 radical (unpaired) electrons. The average molecular weight is 713 g/mol. The van der Waals surface area contributed by atoms with Gasteiger partial charge in [0, 0.05) is 42.5 Å². The molecule has 0 N–H and O–H groups in total. The van der Waals surface area contributed by atoms with Gasteiger partial charge in [0.05, 0.1) is 29.9 Å². The number of halogens is 3. The van der Waals surface area contributed by atoms with Gasteiger partial charge in [0.1, 0.15) is 12.8 Å². The number of hydrogen-bond acceptors (Lipinski definition) is 13. The molecular weight excluding hydrogens is 666 g/mol. The molecule has 0 aliphatic heterocycles. The van der Waals surface area contributed by atoms with E-state index in [2.05, 4.69) is 58.1 Å². The van der Waals surface area contributed by atoms with Crippen LogP contribution in [0.1, 0.15) is 78.3 Å². The topological polar surface area (TPSA) is 125 Å². The fourth-order valence-electron chi connectivity index (χ4n) is 3.19. The maximum Gasteiger partial charge on any atom is 0.471 e. The lowest BCUT2D eigenvalue weighted by Crippen LogP contribution is -2.21. The Morgan fingerprint density at radius 2 is 1.69 bits per heavy atom. The van der Waals surface area contributed by atoms with Gasteiger partial charge in [0.25, 0.3) is 0 Å². The summed E-state index contributed by atoms with van der Waals surface area (Å²) in [6.45, 7) is 20.5. The van der Waals surface area contributed by atoms with Crippen LogP contribution >= 0.6 is 23.1 Å². The quantitative estimate of drug-likeness (QED) is 0.103. The zero-order valence-electron chi connectivity index (χ0n) is 29.3. The molecule has 16 heteroatoms. The maximum absolute atomic E-state index is 12.7. The van der Waals surface area contributed by atoms with E-state index in [0.717, 1.165) is 22.8 Å². The van der Waals surface area contributed by atoms with Gasteiger partial charge in [-0.2, -0.15) is 18.2 Å². The summed E-state index contributed by atoms with van der Waals surface area (Å²) in [5, 5.41) is 7.22. The number of anilines is 2. The van der Waals surface area contributed by atoms with E-state index in [1.165, 1.54) is 16.2 Å². The highest BCUT2D eigenvalue weighted by Crippen LogP contribution is 2.34. The maximum atomic E-state index is 12.7. The lowest BCUT2D eigenvalue weighted by Gasteiger charge is -2.23. The summed E-state index contributed by atoms with van der Waals surface area (Å²) in [6.07, 6.45) is 4.11. The molecule has 0 spiro atoms. The Kier molecular flexibility index (Phi) is 23.1. The summed E-state index contributed by atoms with van der Waals surface area (Å²) in [7, 11) is 3.11. The van der Waals surface area contributed by atoms with Crippen LogP contribution in [0.3, 0.4) is 0 Å². The third kappa shape index (κ3) is 15.3. The van der Waals surface area contributed by atoms with E-state index in [-0.39, 0.29) is 12.4 Å². The molecule has 0 bridgehead atoms. The molecule has 266 valence electrons. The van der Waals surface area contributed by atoms with Gasteiger partial charge in [-0.05, 0) is 30.4 Å². The number of allylic oxidation sites excluding steroid dienone is 1. The number of nitrogens with zero attached hydrogens (tertiary/aromatic N) is 8. The molecule has 0 saturated heterocycles. The fourth-order valence-corrected chi connectivity index (χ4v) is 4.78. The first-order chi connectivity index (χ1) is 23.2. The van der Waals surface area contributed by atoms with Crippen LogP contribution in [0.25, 0.3) is 10.7 Å². The number of ether oxygens (including phenoxy) is 1. The molecule has 0 atom stereocenters. The van der Waals surface area contributed by atoms with Crippen molar-refractivity contribution in [2.45, 2.75) is 81.1 Å². The van der Waals surface area contributed by atoms with Crippen molar-refractivity contribution in [2.24, 2.45) is 5.16 Å². The molecule has 0 unspecified atom stereocenters. The minimum Gasteiger partial charge on any atom is -0.399 e. The Morgan fingerprint density at radius 1 is 1.02 bits per heavy atom. The summed E-state index contributed by atoms with van der Waals surface area (Å²) >= 11 is 2.94. The number of thiophene rings is 1. The van der Waals surface area contributed by atoms with Crippen LogP contribution < -0.4 is 4.90 Å². The number of alkyl halides is 3. The Balaban J connectivity index is 0.00000110. The Bertz CT molecular complexity index is 1450. The van der Waals surface area contributed by atoms with Crippen molar-refractivity contribution in [1.29, 1.82) is 0 Å². The molecular formula is C32H47F3N8O3S2. The van der Waals surface area contributed by atoms with Crippen LogP contribution in [0.2, 0.25) is 0 Å². The Hall–Kier alpha value is -3.89. The summed E-state index contributed by atoms with van der Waals surface area (Å²) in [5.74, 6) is 0.407. The molecule has 0 aromatic carbocycles. The SMILES string of the molecule is C=C(CC)SC/C(C)=N/OC.CC.CC.CC.COCc1nccnc1N(Cc1ccc(-c2noc(C(F)(F)F)n2)s1)c1cnccn1. The normalized spacial score (nSPS) is 10.5. The van der Waals surface area contributed by atoms with Crippen molar-refractivity contribution in [3.05, 3.63) is 71.1 Å². The molecule has 4 aromatic heterocycles. The molecule has 4 heterocycles. The molecule has 0 amide bonds. The number of thioether (sulfide) groups is 1. The predicted octanol–water partition coefficient (Wildman–Crippen LogP) is 9.63. The number of rotatable bonds is 12. The van der Waals surface area contributed by atoms with Crippen LogP contribution in [0.15, 0.2) is 64.3 Å². The lowest BCUT2D eigenvalue weighted by atomic mass is 10.3. The number of oxime groups is 1. The van der Waals surface area contributed by atoms with Gasteiger partial charge in [-0.25, -0.2) is 9.97 Å². The van der Waals surface area contributed by atoms with Gasteiger partial charge >= 0.3 is 12.1 Å². The van der Waals surface area contributed by atoms with Crippen LogP contribution in [-0.2, 0) is 28.9 Å². The van der Waals surface area contributed by atoms with Gasteiger partial charge in [0.15, 0.2) is 11.6 Å². The average Bonchev–Trinajstić information content (AvgIpc) is 3.81. The van der Waals surface area contributed by atoms with E-state index >= 15 is 0 Å². The Morgan fingerprint density at radius 3 is 2.25 bits per heavy atom. The van der Waals surface area contributed by atoms with Crippen molar-refractivity contribution < 1.29 is 27.3 Å². The summed E-state index contributed by atoms with van der Waals surface area (Å²) in [5.41, 5.74) is 1.59. The van der Waals surface area contributed by atoms with Crippen molar-refractivity contribution in [1.82, 2.24) is 30.1 Å². The minimum atomic E-state index is -4.70. The zero-order chi connectivity index (χ0) is 36.5. The first-order valence-electron chi connectivity index (χ1n) is 15.4. The van der Waals surface area contributed by atoms with Gasteiger partial charge in [-0.15, -0.1) is 23.1 Å². The van der Waals surface area contributed by atoms with E-state index < -0.39 is 12.1 Å². The second kappa shape index (κ2) is 25.2. The predicted molar refractivity (Wildman–Crippen MR) is 189 cm³/mol. The van der Waals surface area contributed by atoms with Gasteiger partial charge in [-0.1, -0.05) is 65.4 Å². The van der Waals surface area contributed by atoms with Gasteiger partial charge in [-0.3, -0.25) is 9.97 Å². The standard InChI is InChI=1S/C18H14F3N7O2S.C8H15NOS.3C2H6/c1-29-10-12-16(25-7-6-23-12)28(14-8-22-4-5-24-14)9-11-2-3-13(31-11)15-26-17(30-27-15)18(19,20)21;1-5-8(3)11-6-7(2)9-10-4;3*1-2/h2-8H,9-10H2,1H3;3,5-6H2,1-2,4H3;3*1-2H3/b;9-7+;;;. The van der Waals surface area contributed by atoms with Gasteiger partial charge < -0.3 is 19.0 Å². The molecule has 0 aliphatic carbocycles. The summed E-state index contributed by atoms with van der Waals surface area (Å²) in [4.78, 5) is 29.5. The third-order valence-corrected chi connectivity index (χ3v) is 7.43. The van der Waals surface area contributed by atoms with Gasteiger partial charge in [0.2, 0.25) is 5.82 Å². The molecule has 4 rings (SSSR count). The number of aromatic nitrogens is 6. The molecule has 48 heavy (non-hydrogen) atoms. The second-order valence-corrected chi connectivity index (χ2v) is 10.6.